The van der Waals surface area contributed by atoms with E-state index in [0.717, 1.165) is 36.8 Å². The molecule has 0 saturated carbocycles. The summed E-state index contributed by atoms with van der Waals surface area (Å²) >= 11 is 1.36. The first-order valence-electron chi connectivity index (χ1n) is 11.9. The summed E-state index contributed by atoms with van der Waals surface area (Å²) in [5.74, 6) is 0.606. The molecule has 0 radical (unpaired) electrons. The molecule has 3 unspecified atom stereocenters. The van der Waals surface area contributed by atoms with Crippen LogP contribution in [0.3, 0.4) is 0 Å². The van der Waals surface area contributed by atoms with Gasteiger partial charge >= 0.3 is 0 Å². The van der Waals surface area contributed by atoms with Crippen molar-refractivity contribution in [2.24, 2.45) is 5.10 Å². The van der Waals surface area contributed by atoms with Gasteiger partial charge in [-0.25, -0.2) is 9.82 Å². The normalized spacial score (nSPS) is 22.3. The Kier molecular flexibility index (Phi) is 7.10. The van der Waals surface area contributed by atoms with E-state index in [0.29, 0.717) is 5.69 Å². The van der Waals surface area contributed by atoms with Crippen LogP contribution >= 0.6 is 11.8 Å². The molecule has 1 saturated heterocycles. The van der Waals surface area contributed by atoms with Gasteiger partial charge in [-0.2, -0.15) is 5.10 Å². The standard InChI is InChI=1S/C25H29FN6O2S/c1-2-3-14-34-20-10-4-17(5-11-20)21-15-22-24-28-29-25(31(24)12-13-32(22)30-21)35-16-23(33)27-19-8-6-18(26)7-9-19/h4-13,21-22,24,28,30H,2-3,14-16H2,1H3,(H,27,33). The fourth-order valence-electron chi connectivity index (χ4n) is 4.36. The van der Waals surface area contributed by atoms with Crippen LogP contribution in [0.15, 0.2) is 66.0 Å². The number of amides is 1. The smallest absolute Gasteiger partial charge is 0.234 e. The predicted octanol–water partition coefficient (Wildman–Crippen LogP) is 3.98. The number of nitrogens with zero attached hydrogens (tertiary/aromatic N) is 3. The van der Waals surface area contributed by atoms with Gasteiger partial charge in [-0.3, -0.25) is 10.2 Å². The first-order chi connectivity index (χ1) is 17.1. The maximum absolute atomic E-state index is 13.1. The zero-order valence-electron chi connectivity index (χ0n) is 19.5. The molecule has 8 nitrogen and oxygen atoms in total. The summed E-state index contributed by atoms with van der Waals surface area (Å²) in [6, 6.07) is 14.4. The van der Waals surface area contributed by atoms with Crippen molar-refractivity contribution in [1.82, 2.24) is 20.8 Å². The molecule has 10 heteroatoms. The van der Waals surface area contributed by atoms with Crippen molar-refractivity contribution in [1.29, 1.82) is 0 Å². The first-order valence-corrected chi connectivity index (χ1v) is 12.8. The van der Waals surface area contributed by atoms with Crippen LogP contribution in [-0.2, 0) is 4.79 Å². The van der Waals surface area contributed by atoms with E-state index in [9.17, 15) is 9.18 Å². The van der Waals surface area contributed by atoms with E-state index >= 15 is 0 Å². The van der Waals surface area contributed by atoms with Crippen molar-refractivity contribution in [3.8, 4) is 5.75 Å². The van der Waals surface area contributed by atoms with E-state index in [1.807, 2.05) is 24.5 Å². The first kappa shape index (κ1) is 23.5. The Morgan fingerprint density at radius 1 is 1.20 bits per heavy atom. The molecule has 0 spiro atoms. The highest BCUT2D eigenvalue weighted by Gasteiger charge is 2.44. The molecule has 3 atom stereocenters. The van der Waals surface area contributed by atoms with Crippen LogP contribution in [-0.4, -0.2) is 45.6 Å². The van der Waals surface area contributed by atoms with E-state index < -0.39 is 0 Å². The highest BCUT2D eigenvalue weighted by Crippen LogP contribution is 2.35. The maximum atomic E-state index is 13.1. The number of hydrazone groups is 1. The largest absolute Gasteiger partial charge is 0.494 e. The van der Waals surface area contributed by atoms with Crippen molar-refractivity contribution >= 4 is 28.5 Å². The fraction of sp³-hybridized carbons (Fsp3) is 0.360. The van der Waals surface area contributed by atoms with Gasteiger partial charge in [0.15, 0.2) is 5.17 Å². The van der Waals surface area contributed by atoms with Crippen molar-refractivity contribution in [3.63, 3.8) is 0 Å². The number of nitrogens with one attached hydrogen (secondary N) is 3. The van der Waals surface area contributed by atoms with Crippen LogP contribution in [0.4, 0.5) is 10.1 Å². The van der Waals surface area contributed by atoms with Gasteiger partial charge in [0.25, 0.3) is 0 Å². The third-order valence-corrected chi connectivity index (χ3v) is 7.18. The number of thioether (sulfide) groups is 1. The van der Waals surface area contributed by atoms with Gasteiger partial charge in [0.2, 0.25) is 5.91 Å². The van der Waals surface area contributed by atoms with E-state index in [1.165, 1.54) is 29.5 Å². The number of rotatable bonds is 8. The number of benzene rings is 2. The van der Waals surface area contributed by atoms with E-state index in [2.05, 4.69) is 50.2 Å². The monoisotopic (exact) mass is 496 g/mol. The fourth-order valence-corrected chi connectivity index (χ4v) is 5.13. The lowest BCUT2D eigenvalue weighted by Crippen LogP contribution is -2.54. The zero-order valence-corrected chi connectivity index (χ0v) is 20.3. The van der Waals surface area contributed by atoms with Gasteiger partial charge in [0.05, 0.1) is 24.4 Å². The quantitative estimate of drug-likeness (QED) is 0.477. The number of hydrazine groups is 1. The average Bonchev–Trinajstić information content (AvgIpc) is 3.49. The predicted molar refractivity (Wildman–Crippen MR) is 136 cm³/mol. The third kappa shape index (κ3) is 5.38. The van der Waals surface area contributed by atoms with Crippen molar-refractivity contribution in [2.75, 3.05) is 17.7 Å². The maximum Gasteiger partial charge on any atom is 0.234 e. The highest BCUT2D eigenvalue weighted by molar-refractivity contribution is 8.14. The highest BCUT2D eigenvalue weighted by atomic mass is 32.2. The van der Waals surface area contributed by atoms with Crippen molar-refractivity contribution in [3.05, 3.63) is 72.3 Å². The van der Waals surface area contributed by atoms with E-state index in [1.54, 1.807) is 12.1 Å². The molecule has 2 aromatic rings. The molecule has 35 heavy (non-hydrogen) atoms. The molecule has 0 aromatic heterocycles. The summed E-state index contributed by atoms with van der Waals surface area (Å²) in [6.07, 6.45) is 7.06. The van der Waals surface area contributed by atoms with Crippen LogP contribution in [0.2, 0.25) is 0 Å². The van der Waals surface area contributed by atoms with E-state index in [4.69, 9.17) is 4.74 Å². The molecule has 3 aliphatic rings. The average molecular weight is 497 g/mol. The Balaban J connectivity index is 1.14. The molecule has 0 bridgehead atoms. The second-order valence-electron chi connectivity index (χ2n) is 8.68. The van der Waals surface area contributed by atoms with Crippen molar-refractivity contribution < 1.29 is 13.9 Å². The minimum atomic E-state index is -0.335. The number of fused-ring (bicyclic) bond motifs is 3. The lowest BCUT2D eigenvalue weighted by Gasteiger charge is -2.36. The number of carbonyl (C=O) groups excluding carboxylic acids is 1. The molecule has 1 fully saturated rings. The van der Waals surface area contributed by atoms with Crippen LogP contribution < -0.4 is 20.9 Å². The third-order valence-electron chi connectivity index (χ3n) is 6.21. The molecule has 1 amide bonds. The Morgan fingerprint density at radius 2 is 2.00 bits per heavy atom. The number of hydrogen-bond acceptors (Lipinski definition) is 8. The summed E-state index contributed by atoms with van der Waals surface area (Å²) < 4.78 is 18.8. The van der Waals surface area contributed by atoms with Crippen LogP contribution in [0.5, 0.6) is 5.75 Å². The Bertz CT molecular complexity index is 1090. The Labute approximate surface area is 208 Å². The second-order valence-corrected chi connectivity index (χ2v) is 9.62. The molecular formula is C25H29FN6O2S. The molecule has 3 heterocycles. The van der Waals surface area contributed by atoms with Gasteiger partial charge in [0, 0.05) is 18.1 Å². The number of amidine groups is 1. The lowest BCUT2D eigenvalue weighted by atomic mass is 10.00. The number of unbranched alkanes of at least 4 members (excludes halogenated alkanes) is 1. The molecule has 184 valence electrons. The van der Waals surface area contributed by atoms with Crippen LogP contribution in [0, 0.1) is 5.82 Å². The van der Waals surface area contributed by atoms with Crippen LogP contribution in [0.25, 0.3) is 0 Å². The topological polar surface area (TPSA) is 81.2 Å². The molecule has 3 aliphatic heterocycles. The Hall–Kier alpha value is -3.24. The SMILES string of the molecule is CCCCOc1ccc(C2CC3C4NN=C(SCC(=O)Nc5ccc(F)cc5)N4C=CN3N2)cc1. The number of hydrogen-bond donors (Lipinski definition) is 3. The number of ether oxygens (including phenoxy) is 1. The molecule has 0 aliphatic carbocycles. The van der Waals surface area contributed by atoms with Gasteiger partial charge < -0.3 is 20.0 Å². The molecule has 5 rings (SSSR count). The second kappa shape index (κ2) is 10.6. The van der Waals surface area contributed by atoms with Gasteiger partial charge in [-0.05, 0) is 54.8 Å². The summed E-state index contributed by atoms with van der Waals surface area (Å²) in [6.45, 7) is 2.90. The van der Waals surface area contributed by atoms with Gasteiger partial charge in [-0.1, -0.05) is 37.2 Å². The summed E-state index contributed by atoms with van der Waals surface area (Å²) in [5.41, 5.74) is 8.60. The summed E-state index contributed by atoms with van der Waals surface area (Å²) in [7, 11) is 0. The molecule has 2 aromatic carbocycles. The number of halogens is 1. The van der Waals surface area contributed by atoms with Gasteiger partial charge in [0.1, 0.15) is 17.7 Å². The summed E-state index contributed by atoms with van der Waals surface area (Å²) in [5, 5.41) is 10.1. The number of carbonyl (C=O) groups is 1. The minimum absolute atomic E-state index is 0.0168. The van der Waals surface area contributed by atoms with Crippen molar-refractivity contribution in [2.45, 2.75) is 44.4 Å². The Morgan fingerprint density at radius 3 is 2.77 bits per heavy atom. The van der Waals surface area contributed by atoms with Crippen LogP contribution in [0.1, 0.15) is 37.8 Å². The number of anilines is 1. The zero-order chi connectivity index (χ0) is 24.2. The summed E-state index contributed by atoms with van der Waals surface area (Å²) in [4.78, 5) is 14.4. The van der Waals surface area contributed by atoms with E-state index in [-0.39, 0.29) is 35.7 Å². The van der Waals surface area contributed by atoms with Gasteiger partial charge in [-0.15, -0.1) is 0 Å². The minimum Gasteiger partial charge on any atom is -0.494 e. The molecular weight excluding hydrogens is 467 g/mol. The molecule has 3 N–H and O–H groups in total. The lowest BCUT2D eigenvalue weighted by molar-refractivity contribution is -0.113.